The summed E-state index contributed by atoms with van der Waals surface area (Å²) in [5.74, 6) is 1.79. The second-order valence-corrected chi connectivity index (χ2v) is 7.41. The Morgan fingerprint density at radius 1 is 1.33 bits per heavy atom. The first kappa shape index (κ1) is 18.6. The van der Waals surface area contributed by atoms with E-state index in [0.29, 0.717) is 10.9 Å². The number of hydrogen-bond donors (Lipinski definition) is 2. The van der Waals surface area contributed by atoms with E-state index in [-0.39, 0.29) is 23.3 Å². The Morgan fingerprint density at radius 2 is 2.08 bits per heavy atom. The van der Waals surface area contributed by atoms with Crippen LogP contribution in [0.4, 0.5) is 0 Å². The molecule has 0 fully saturated rings. The van der Waals surface area contributed by atoms with Crippen LogP contribution in [0.3, 0.4) is 0 Å². The SMILES string of the molecule is CCSCc1cc(=O)[nH]c(SCC(=O)NC(C)c2ccccc2)n1. The van der Waals surface area contributed by atoms with E-state index in [0.717, 1.165) is 17.0 Å². The zero-order valence-corrected chi connectivity index (χ0v) is 15.4. The number of carbonyl (C=O) groups excluding carboxylic acids is 1. The zero-order chi connectivity index (χ0) is 17.4. The average molecular weight is 364 g/mol. The minimum atomic E-state index is -0.183. The van der Waals surface area contributed by atoms with Gasteiger partial charge < -0.3 is 10.3 Å². The molecule has 0 aliphatic heterocycles. The number of benzene rings is 1. The molecule has 1 aromatic carbocycles. The third-order valence-electron chi connectivity index (χ3n) is 3.24. The van der Waals surface area contributed by atoms with Gasteiger partial charge in [-0.05, 0) is 18.2 Å². The third kappa shape index (κ3) is 6.05. The lowest BCUT2D eigenvalue weighted by Crippen LogP contribution is -2.28. The highest BCUT2D eigenvalue weighted by molar-refractivity contribution is 7.99. The van der Waals surface area contributed by atoms with Crippen LogP contribution in [-0.2, 0) is 10.5 Å². The summed E-state index contributed by atoms with van der Waals surface area (Å²) in [7, 11) is 0. The highest BCUT2D eigenvalue weighted by Crippen LogP contribution is 2.15. The predicted octanol–water partition coefficient (Wildman–Crippen LogP) is 2.99. The van der Waals surface area contributed by atoms with Crippen molar-refractivity contribution in [3.63, 3.8) is 0 Å². The van der Waals surface area contributed by atoms with Crippen molar-refractivity contribution in [1.29, 1.82) is 0 Å². The van der Waals surface area contributed by atoms with Crippen LogP contribution in [0.25, 0.3) is 0 Å². The third-order valence-corrected chi connectivity index (χ3v) is 5.03. The molecule has 1 atom stereocenters. The Kier molecular flexibility index (Phi) is 7.39. The van der Waals surface area contributed by atoms with Crippen molar-refractivity contribution in [3.8, 4) is 0 Å². The number of hydrogen-bond acceptors (Lipinski definition) is 5. The molecular weight excluding hydrogens is 342 g/mol. The molecule has 0 saturated heterocycles. The Morgan fingerprint density at radius 3 is 2.79 bits per heavy atom. The minimum Gasteiger partial charge on any atom is -0.349 e. The summed E-state index contributed by atoms with van der Waals surface area (Å²) in [6.07, 6.45) is 0. The quantitative estimate of drug-likeness (QED) is 0.557. The molecular formula is C17H21N3O2S2. The number of aromatic amines is 1. The van der Waals surface area contributed by atoms with Crippen LogP contribution < -0.4 is 10.9 Å². The molecule has 2 rings (SSSR count). The fourth-order valence-corrected chi connectivity index (χ4v) is 3.34. The highest BCUT2D eigenvalue weighted by atomic mass is 32.2. The molecule has 2 aromatic rings. The molecule has 1 aromatic heterocycles. The number of aromatic nitrogens is 2. The van der Waals surface area contributed by atoms with Crippen molar-refractivity contribution in [2.45, 2.75) is 30.8 Å². The molecule has 128 valence electrons. The van der Waals surface area contributed by atoms with Crippen molar-refractivity contribution >= 4 is 29.4 Å². The molecule has 0 spiro atoms. The summed E-state index contributed by atoms with van der Waals surface area (Å²) in [6, 6.07) is 11.2. The van der Waals surface area contributed by atoms with E-state index in [4.69, 9.17) is 0 Å². The van der Waals surface area contributed by atoms with Gasteiger partial charge in [-0.15, -0.1) is 0 Å². The highest BCUT2D eigenvalue weighted by Gasteiger charge is 2.11. The maximum Gasteiger partial charge on any atom is 0.251 e. The fourth-order valence-electron chi connectivity index (χ4n) is 2.07. The number of nitrogens with zero attached hydrogens (tertiary/aromatic N) is 1. The minimum absolute atomic E-state index is 0.0569. The van der Waals surface area contributed by atoms with Gasteiger partial charge in [0.2, 0.25) is 5.91 Å². The molecule has 2 N–H and O–H groups in total. The van der Waals surface area contributed by atoms with E-state index in [2.05, 4.69) is 22.2 Å². The van der Waals surface area contributed by atoms with Crippen molar-refractivity contribution in [2.24, 2.45) is 0 Å². The van der Waals surface area contributed by atoms with Crippen molar-refractivity contribution < 1.29 is 4.79 Å². The van der Waals surface area contributed by atoms with Gasteiger partial charge in [0.15, 0.2) is 5.16 Å². The standard InChI is InChI=1S/C17H21N3O2S2/c1-3-23-10-14-9-15(21)20-17(19-14)24-11-16(22)18-12(2)13-7-5-4-6-8-13/h4-9,12H,3,10-11H2,1-2H3,(H,18,22)(H,19,20,21). The normalized spacial score (nSPS) is 11.9. The summed E-state index contributed by atoms with van der Waals surface area (Å²) < 4.78 is 0. The molecule has 0 bridgehead atoms. The van der Waals surface area contributed by atoms with Crippen molar-refractivity contribution in [2.75, 3.05) is 11.5 Å². The van der Waals surface area contributed by atoms with Crippen LogP contribution in [0.15, 0.2) is 46.3 Å². The van der Waals surface area contributed by atoms with Crippen molar-refractivity contribution in [3.05, 3.63) is 58.0 Å². The van der Waals surface area contributed by atoms with E-state index in [1.807, 2.05) is 37.3 Å². The van der Waals surface area contributed by atoms with Crippen LogP contribution in [0.2, 0.25) is 0 Å². The number of amides is 1. The second-order valence-electron chi connectivity index (χ2n) is 5.17. The van der Waals surface area contributed by atoms with Crippen LogP contribution in [0.5, 0.6) is 0 Å². The molecule has 5 nitrogen and oxygen atoms in total. The number of H-pyrrole nitrogens is 1. The lowest BCUT2D eigenvalue weighted by atomic mass is 10.1. The first-order valence-electron chi connectivity index (χ1n) is 7.73. The molecule has 0 aliphatic rings. The summed E-state index contributed by atoms with van der Waals surface area (Å²) in [6.45, 7) is 4.01. The number of rotatable bonds is 8. The van der Waals surface area contributed by atoms with Crippen LogP contribution in [-0.4, -0.2) is 27.4 Å². The Hall–Kier alpha value is -1.73. The van der Waals surface area contributed by atoms with Gasteiger partial charge in [0.05, 0.1) is 17.5 Å². The smallest absolute Gasteiger partial charge is 0.251 e. The predicted molar refractivity (Wildman–Crippen MR) is 100 cm³/mol. The van der Waals surface area contributed by atoms with Gasteiger partial charge in [-0.3, -0.25) is 9.59 Å². The largest absolute Gasteiger partial charge is 0.349 e. The van der Waals surface area contributed by atoms with Gasteiger partial charge in [0.1, 0.15) is 0 Å². The lowest BCUT2D eigenvalue weighted by Gasteiger charge is -2.14. The molecule has 0 aliphatic carbocycles. The number of thioether (sulfide) groups is 2. The summed E-state index contributed by atoms with van der Waals surface area (Å²) in [4.78, 5) is 30.8. The summed E-state index contributed by atoms with van der Waals surface area (Å²) in [5.41, 5.74) is 1.62. The Bertz CT molecular complexity index is 719. The average Bonchev–Trinajstić information content (AvgIpc) is 2.58. The molecule has 1 unspecified atom stereocenters. The molecule has 7 heteroatoms. The summed E-state index contributed by atoms with van der Waals surface area (Å²) >= 11 is 2.94. The first-order chi connectivity index (χ1) is 11.6. The fraction of sp³-hybridized carbons (Fsp3) is 0.353. The van der Waals surface area contributed by atoms with E-state index < -0.39 is 0 Å². The van der Waals surface area contributed by atoms with Gasteiger partial charge in [-0.25, -0.2) is 4.98 Å². The molecule has 1 heterocycles. The van der Waals surface area contributed by atoms with Gasteiger partial charge in [-0.1, -0.05) is 49.0 Å². The van der Waals surface area contributed by atoms with Crippen LogP contribution in [0, 0.1) is 0 Å². The monoisotopic (exact) mass is 363 g/mol. The zero-order valence-electron chi connectivity index (χ0n) is 13.7. The Balaban J connectivity index is 1.89. The number of nitrogens with one attached hydrogen (secondary N) is 2. The molecule has 0 saturated carbocycles. The molecule has 1 amide bonds. The van der Waals surface area contributed by atoms with Gasteiger partial charge in [0.25, 0.3) is 5.56 Å². The Labute approximate surface area is 150 Å². The van der Waals surface area contributed by atoms with E-state index in [9.17, 15) is 9.59 Å². The summed E-state index contributed by atoms with van der Waals surface area (Å²) in [5, 5.41) is 3.43. The van der Waals surface area contributed by atoms with E-state index >= 15 is 0 Å². The van der Waals surface area contributed by atoms with E-state index in [1.165, 1.54) is 17.8 Å². The maximum atomic E-state index is 12.1. The maximum absolute atomic E-state index is 12.1. The first-order valence-corrected chi connectivity index (χ1v) is 9.87. The van der Waals surface area contributed by atoms with Crippen LogP contribution in [0.1, 0.15) is 31.1 Å². The van der Waals surface area contributed by atoms with E-state index in [1.54, 1.807) is 11.8 Å². The van der Waals surface area contributed by atoms with Crippen molar-refractivity contribution in [1.82, 2.24) is 15.3 Å². The van der Waals surface area contributed by atoms with Crippen LogP contribution >= 0.6 is 23.5 Å². The van der Waals surface area contributed by atoms with Gasteiger partial charge in [0, 0.05) is 11.8 Å². The van der Waals surface area contributed by atoms with Gasteiger partial charge in [-0.2, -0.15) is 11.8 Å². The van der Waals surface area contributed by atoms with Gasteiger partial charge >= 0.3 is 0 Å². The molecule has 0 radical (unpaired) electrons. The molecule has 24 heavy (non-hydrogen) atoms. The second kappa shape index (κ2) is 9.54. The number of carbonyl (C=O) groups is 1. The lowest BCUT2D eigenvalue weighted by molar-refractivity contribution is -0.119. The topological polar surface area (TPSA) is 74.8 Å².